The molecule has 6 heteroatoms. The van der Waals surface area contributed by atoms with Gasteiger partial charge >= 0.3 is 0 Å². The third-order valence-electron chi connectivity index (χ3n) is 0.863. The van der Waals surface area contributed by atoms with Crippen molar-refractivity contribution in [3.63, 3.8) is 0 Å². The minimum atomic E-state index is 0.642. The van der Waals surface area contributed by atoms with Crippen molar-refractivity contribution in [1.29, 1.82) is 0 Å². The van der Waals surface area contributed by atoms with Crippen molar-refractivity contribution in [1.82, 2.24) is 10.2 Å². The minimum Gasteiger partial charge on any atom is -0.374 e. The summed E-state index contributed by atoms with van der Waals surface area (Å²) in [5.41, 5.74) is 0. The van der Waals surface area contributed by atoms with Gasteiger partial charge in [0.15, 0.2) is 8.68 Å². The van der Waals surface area contributed by atoms with Crippen molar-refractivity contribution in [2.24, 2.45) is 0 Å². The molecule has 3 nitrogen and oxygen atoms in total. The van der Waals surface area contributed by atoms with Crippen LogP contribution in [0.3, 0.4) is 0 Å². The maximum absolute atomic E-state index is 4.88. The molecule has 0 spiro atoms. The van der Waals surface area contributed by atoms with E-state index in [1.54, 1.807) is 42.0 Å². The van der Waals surface area contributed by atoms with E-state index in [4.69, 9.17) is 4.74 Å². The molecule has 0 aliphatic heterocycles. The maximum atomic E-state index is 4.88. The molecular weight excluding hydrogens is 200 g/mol. The van der Waals surface area contributed by atoms with E-state index in [0.29, 0.717) is 5.94 Å². The molecule has 0 saturated carbocycles. The van der Waals surface area contributed by atoms with Crippen molar-refractivity contribution in [3.8, 4) is 0 Å². The van der Waals surface area contributed by atoms with Crippen LogP contribution in [0, 0.1) is 0 Å². The highest BCUT2D eigenvalue weighted by Crippen LogP contribution is 2.26. The smallest absolute Gasteiger partial charge is 0.177 e. The number of aromatic nitrogens is 2. The highest BCUT2D eigenvalue weighted by atomic mass is 32.2. The Morgan fingerprint density at radius 2 is 2.18 bits per heavy atom. The van der Waals surface area contributed by atoms with Crippen molar-refractivity contribution >= 4 is 34.9 Å². The molecule has 62 valence electrons. The lowest BCUT2D eigenvalue weighted by Gasteiger charge is -1.90. The van der Waals surface area contributed by atoms with Crippen LogP contribution >= 0.6 is 34.9 Å². The van der Waals surface area contributed by atoms with Crippen molar-refractivity contribution < 1.29 is 4.74 Å². The lowest BCUT2D eigenvalue weighted by Crippen LogP contribution is -1.79. The molecule has 0 aliphatic rings. The largest absolute Gasteiger partial charge is 0.374 e. The number of thioether (sulfide) groups is 2. The van der Waals surface area contributed by atoms with Crippen LogP contribution in [0.2, 0.25) is 0 Å². The van der Waals surface area contributed by atoms with E-state index < -0.39 is 0 Å². The van der Waals surface area contributed by atoms with Crippen molar-refractivity contribution in [3.05, 3.63) is 0 Å². The van der Waals surface area contributed by atoms with Crippen molar-refractivity contribution in [2.75, 3.05) is 19.3 Å². The molecule has 0 aliphatic carbocycles. The van der Waals surface area contributed by atoms with Crippen LogP contribution in [0.25, 0.3) is 0 Å². The molecule has 0 fully saturated rings. The number of hydrogen-bond acceptors (Lipinski definition) is 6. The Morgan fingerprint density at radius 1 is 1.45 bits per heavy atom. The van der Waals surface area contributed by atoms with E-state index in [0.717, 1.165) is 8.68 Å². The Balaban J connectivity index is 2.44. The summed E-state index contributed by atoms with van der Waals surface area (Å²) in [6.07, 6.45) is 1.99. The summed E-state index contributed by atoms with van der Waals surface area (Å²) in [7, 11) is 1.67. The Kier molecular flexibility index (Phi) is 4.21. The van der Waals surface area contributed by atoms with E-state index >= 15 is 0 Å². The van der Waals surface area contributed by atoms with E-state index in [9.17, 15) is 0 Å². The molecular formula is C5H8N2OS3. The van der Waals surface area contributed by atoms with E-state index in [-0.39, 0.29) is 0 Å². The Morgan fingerprint density at radius 3 is 2.73 bits per heavy atom. The summed E-state index contributed by atoms with van der Waals surface area (Å²) in [4.78, 5) is 0. The predicted molar refractivity (Wildman–Crippen MR) is 49.4 cm³/mol. The first-order valence-electron chi connectivity index (χ1n) is 2.86. The van der Waals surface area contributed by atoms with Crippen LogP contribution in [0.1, 0.15) is 0 Å². The number of ether oxygens (including phenoxy) is 1. The first kappa shape index (κ1) is 9.31. The highest BCUT2D eigenvalue weighted by molar-refractivity contribution is 8.02. The molecule has 0 bridgehead atoms. The number of rotatable bonds is 4. The lowest BCUT2D eigenvalue weighted by atomic mass is 11.5. The molecule has 1 aromatic heterocycles. The first-order valence-corrected chi connectivity index (χ1v) is 5.88. The third kappa shape index (κ3) is 2.98. The van der Waals surface area contributed by atoms with Crippen molar-refractivity contribution in [2.45, 2.75) is 8.68 Å². The van der Waals surface area contributed by atoms with Gasteiger partial charge in [-0.1, -0.05) is 34.9 Å². The molecule has 0 amide bonds. The topological polar surface area (TPSA) is 35.0 Å². The van der Waals surface area contributed by atoms with E-state index in [2.05, 4.69) is 10.2 Å². The average molecular weight is 208 g/mol. The van der Waals surface area contributed by atoms with Gasteiger partial charge in [0.1, 0.15) is 0 Å². The molecule has 11 heavy (non-hydrogen) atoms. The van der Waals surface area contributed by atoms with Gasteiger partial charge in [-0.25, -0.2) is 0 Å². The van der Waals surface area contributed by atoms with E-state index in [1.807, 2.05) is 6.26 Å². The molecule has 0 aromatic carbocycles. The van der Waals surface area contributed by atoms with Crippen LogP contribution in [0.4, 0.5) is 0 Å². The lowest BCUT2D eigenvalue weighted by molar-refractivity contribution is 0.259. The molecule has 1 aromatic rings. The number of methoxy groups -OCH3 is 1. The average Bonchev–Trinajstić information content (AvgIpc) is 2.48. The van der Waals surface area contributed by atoms with Crippen LogP contribution in [-0.2, 0) is 4.74 Å². The third-order valence-corrected chi connectivity index (χ3v) is 3.84. The van der Waals surface area contributed by atoms with Crippen LogP contribution < -0.4 is 0 Å². The second-order valence-electron chi connectivity index (χ2n) is 1.59. The zero-order chi connectivity index (χ0) is 8.10. The number of nitrogens with zero attached hydrogens (tertiary/aromatic N) is 2. The van der Waals surface area contributed by atoms with Gasteiger partial charge in [-0.15, -0.1) is 10.2 Å². The minimum absolute atomic E-state index is 0.642. The second-order valence-corrected chi connectivity index (χ2v) is 4.79. The SMILES string of the molecule is COCSc1nnc(SC)s1. The zero-order valence-corrected chi connectivity index (χ0v) is 8.68. The van der Waals surface area contributed by atoms with Gasteiger partial charge in [0.25, 0.3) is 0 Å². The normalized spacial score (nSPS) is 10.4. The quantitative estimate of drug-likeness (QED) is 0.558. The summed E-state index contributed by atoms with van der Waals surface area (Å²) in [5.74, 6) is 0.642. The first-order chi connectivity index (χ1) is 5.36. The Hall–Kier alpha value is 0.220. The van der Waals surface area contributed by atoms with Crippen LogP contribution in [0.5, 0.6) is 0 Å². The van der Waals surface area contributed by atoms with E-state index in [1.165, 1.54) is 0 Å². The summed E-state index contributed by atoms with van der Waals surface area (Å²) >= 11 is 4.78. The van der Waals surface area contributed by atoms with Gasteiger partial charge in [0.2, 0.25) is 0 Å². The van der Waals surface area contributed by atoms with Crippen LogP contribution in [0.15, 0.2) is 8.68 Å². The molecule has 1 heterocycles. The molecule has 0 radical (unpaired) electrons. The maximum Gasteiger partial charge on any atom is 0.177 e. The number of hydrogen-bond donors (Lipinski definition) is 0. The molecule has 0 atom stereocenters. The van der Waals surface area contributed by atoms with Crippen LogP contribution in [-0.4, -0.2) is 29.5 Å². The van der Waals surface area contributed by atoms with Gasteiger partial charge < -0.3 is 4.74 Å². The molecule has 0 N–H and O–H groups in total. The fourth-order valence-corrected chi connectivity index (χ4v) is 2.54. The van der Waals surface area contributed by atoms with Gasteiger partial charge in [-0.3, -0.25) is 0 Å². The monoisotopic (exact) mass is 208 g/mol. The second kappa shape index (κ2) is 4.97. The Bertz CT molecular complexity index is 215. The highest BCUT2D eigenvalue weighted by Gasteiger charge is 2.01. The summed E-state index contributed by atoms with van der Waals surface area (Å²) < 4.78 is 6.86. The summed E-state index contributed by atoms with van der Waals surface area (Å²) in [5, 5.41) is 7.90. The fraction of sp³-hybridized carbons (Fsp3) is 0.600. The zero-order valence-electron chi connectivity index (χ0n) is 6.23. The van der Waals surface area contributed by atoms with Gasteiger partial charge in [-0.05, 0) is 6.26 Å². The van der Waals surface area contributed by atoms with Gasteiger partial charge in [0, 0.05) is 7.11 Å². The molecule has 0 saturated heterocycles. The fourth-order valence-electron chi connectivity index (χ4n) is 0.447. The predicted octanol–water partition coefficient (Wildman–Crippen LogP) is 1.96. The van der Waals surface area contributed by atoms with Gasteiger partial charge in [0.05, 0.1) is 5.94 Å². The molecule has 1 rings (SSSR count). The Labute approximate surface area is 77.9 Å². The molecule has 0 unspecified atom stereocenters. The summed E-state index contributed by atoms with van der Waals surface area (Å²) in [6.45, 7) is 0. The van der Waals surface area contributed by atoms with Gasteiger partial charge in [-0.2, -0.15) is 0 Å². The standard InChI is InChI=1S/C5H8N2OS3/c1-8-3-10-5-7-6-4(9-2)11-5/h3H2,1-2H3. The summed E-state index contributed by atoms with van der Waals surface area (Å²) in [6, 6.07) is 0.